The van der Waals surface area contributed by atoms with Crippen LogP contribution in [0.2, 0.25) is 0 Å². The average molecular weight is 462 g/mol. The minimum Gasteiger partial charge on any atom is -0.444 e. The van der Waals surface area contributed by atoms with E-state index in [0.717, 1.165) is 29.9 Å². The number of hydrogen-bond acceptors (Lipinski definition) is 3. The van der Waals surface area contributed by atoms with Crippen LogP contribution >= 0.6 is 0 Å². The number of aromatic nitrogens is 2. The summed E-state index contributed by atoms with van der Waals surface area (Å²) in [4.78, 5) is 22.6. The highest BCUT2D eigenvalue weighted by Crippen LogP contribution is 2.35. The van der Waals surface area contributed by atoms with Crippen LogP contribution in [-0.2, 0) is 4.74 Å². The first-order valence-electron chi connectivity index (χ1n) is 12.4. The fourth-order valence-electron chi connectivity index (χ4n) is 4.29. The van der Waals surface area contributed by atoms with Crippen molar-refractivity contribution in [1.82, 2.24) is 14.9 Å². The summed E-state index contributed by atoms with van der Waals surface area (Å²) in [6.07, 6.45) is 3.43. The van der Waals surface area contributed by atoms with Gasteiger partial charge in [0.25, 0.3) is 0 Å². The van der Waals surface area contributed by atoms with Gasteiger partial charge >= 0.3 is 6.09 Å². The molecule has 2 aromatic carbocycles. The van der Waals surface area contributed by atoms with E-state index >= 15 is 0 Å². The number of benzene rings is 2. The molecule has 1 atom stereocenters. The largest absolute Gasteiger partial charge is 0.444 e. The standard InChI is InChI=1S/C27H33N3O2.C2H6/c1-17-9-11-20(12-10-17)22-15-21(14-18(2)19(22)3)23-16-28-25(29-23)24-8-7-13-30(24)26(31)32-27(4,5)6;1-2/h9-12,14-16,24H,7-8,13H2,1-6H3,(H,28,29);1-2H3/t24-;/m0./s1. The number of imidazole rings is 1. The molecule has 0 unspecified atom stereocenters. The summed E-state index contributed by atoms with van der Waals surface area (Å²) in [5, 5.41) is 0. The van der Waals surface area contributed by atoms with Crippen molar-refractivity contribution in [2.45, 2.75) is 79.9 Å². The summed E-state index contributed by atoms with van der Waals surface area (Å²) < 4.78 is 5.61. The molecule has 1 aromatic heterocycles. The maximum atomic E-state index is 12.7. The van der Waals surface area contributed by atoms with Gasteiger partial charge in [-0.25, -0.2) is 9.78 Å². The molecule has 0 saturated carbocycles. The number of carbonyl (C=O) groups is 1. The maximum absolute atomic E-state index is 12.7. The minimum atomic E-state index is -0.510. The van der Waals surface area contributed by atoms with Gasteiger partial charge in [-0.1, -0.05) is 43.7 Å². The van der Waals surface area contributed by atoms with Crippen LogP contribution in [-0.4, -0.2) is 33.1 Å². The quantitative estimate of drug-likeness (QED) is 0.433. The van der Waals surface area contributed by atoms with E-state index in [1.807, 2.05) is 40.8 Å². The SMILES string of the molecule is CC.Cc1ccc(-c2cc(-c3cnc([C@@H]4CCCN4C(=O)OC(C)(C)C)[nH]3)cc(C)c2C)cc1. The lowest BCUT2D eigenvalue weighted by Gasteiger charge is -2.27. The fraction of sp³-hybridized carbons (Fsp3) is 0.448. The van der Waals surface area contributed by atoms with Crippen molar-refractivity contribution >= 4 is 6.09 Å². The van der Waals surface area contributed by atoms with Crippen molar-refractivity contribution in [3.05, 3.63) is 65.1 Å². The highest BCUT2D eigenvalue weighted by molar-refractivity contribution is 5.76. The van der Waals surface area contributed by atoms with E-state index in [0.29, 0.717) is 6.54 Å². The van der Waals surface area contributed by atoms with Crippen LogP contribution in [0.25, 0.3) is 22.4 Å². The van der Waals surface area contributed by atoms with Gasteiger partial charge in [-0.05, 0) is 88.8 Å². The third-order valence-corrected chi connectivity index (χ3v) is 6.13. The Morgan fingerprint density at radius 2 is 1.74 bits per heavy atom. The third kappa shape index (κ3) is 5.69. The Morgan fingerprint density at radius 1 is 1.06 bits per heavy atom. The minimum absolute atomic E-state index is 0.0817. The number of hydrogen-bond donors (Lipinski definition) is 1. The lowest BCUT2D eigenvalue weighted by atomic mass is 9.93. The molecule has 3 aromatic rings. The highest BCUT2D eigenvalue weighted by Gasteiger charge is 2.34. The molecule has 5 heteroatoms. The van der Waals surface area contributed by atoms with Gasteiger partial charge < -0.3 is 9.72 Å². The number of likely N-dealkylation sites (tertiary alicyclic amines) is 1. The summed E-state index contributed by atoms with van der Waals surface area (Å²) in [5.41, 5.74) is 7.77. The Bertz CT molecular complexity index is 1120. The van der Waals surface area contributed by atoms with Crippen molar-refractivity contribution in [3.63, 3.8) is 0 Å². The van der Waals surface area contributed by atoms with Crippen molar-refractivity contribution in [2.24, 2.45) is 0 Å². The molecular formula is C29H39N3O2. The molecule has 0 radical (unpaired) electrons. The Morgan fingerprint density at radius 3 is 2.38 bits per heavy atom. The topological polar surface area (TPSA) is 58.2 Å². The van der Waals surface area contributed by atoms with E-state index in [4.69, 9.17) is 4.74 Å². The van der Waals surface area contributed by atoms with Crippen molar-refractivity contribution in [3.8, 4) is 22.4 Å². The molecular weight excluding hydrogens is 422 g/mol. The van der Waals surface area contributed by atoms with Crippen LogP contribution in [0, 0.1) is 20.8 Å². The smallest absolute Gasteiger partial charge is 0.410 e. The Hall–Kier alpha value is -3.08. The first kappa shape index (κ1) is 25.5. The van der Waals surface area contributed by atoms with Gasteiger partial charge in [0.15, 0.2) is 0 Å². The summed E-state index contributed by atoms with van der Waals surface area (Å²) in [6, 6.07) is 13.0. The van der Waals surface area contributed by atoms with Crippen LogP contribution in [0.3, 0.4) is 0 Å². The monoisotopic (exact) mass is 461 g/mol. The van der Waals surface area contributed by atoms with E-state index in [-0.39, 0.29) is 12.1 Å². The van der Waals surface area contributed by atoms with Crippen LogP contribution < -0.4 is 0 Å². The summed E-state index contributed by atoms with van der Waals surface area (Å²) >= 11 is 0. The molecule has 1 aliphatic rings. The summed E-state index contributed by atoms with van der Waals surface area (Å²) in [6.45, 7) is 16.8. The number of aryl methyl sites for hydroxylation is 2. The lowest BCUT2D eigenvalue weighted by molar-refractivity contribution is 0.0218. The normalized spacial score (nSPS) is 15.6. The fourth-order valence-corrected chi connectivity index (χ4v) is 4.29. The van der Waals surface area contributed by atoms with E-state index < -0.39 is 5.60 Å². The number of carbonyl (C=O) groups excluding carboxylic acids is 1. The van der Waals surface area contributed by atoms with Gasteiger partial charge in [0.2, 0.25) is 0 Å². The summed E-state index contributed by atoms with van der Waals surface area (Å²) in [5.74, 6) is 0.818. The van der Waals surface area contributed by atoms with E-state index in [9.17, 15) is 4.79 Å². The Kier molecular flexibility index (Phi) is 7.86. The maximum Gasteiger partial charge on any atom is 0.410 e. The molecule has 2 heterocycles. The molecule has 1 fully saturated rings. The molecule has 5 nitrogen and oxygen atoms in total. The number of nitrogens with zero attached hydrogens (tertiary/aromatic N) is 2. The van der Waals surface area contributed by atoms with Gasteiger partial charge in [0.05, 0.1) is 17.9 Å². The summed E-state index contributed by atoms with van der Waals surface area (Å²) in [7, 11) is 0. The van der Waals surface area contributed by atoms with Crippen LogP contribution in [0.1, 0.15) is 76.0 Å². The van der Waals surface area contributed by atoms with Gasteiger partial charge in [-0.15, -0.1) is 0 Å². The van der Waals surface area contributed by atoms with Gasteiger partial charge in [0, 0.05) is 12.1 Å². The molecule has 0 aliphatic carbocycles. The van der Waals surface area contributed by atoms with Crippen LogP contribution in [0.15, 0.2) is 42.6 Å². The second-order valence-electron chi connectivity index (χ2n) is 9.85. The second kappa shape index (κ2) is 10.5. The molecule has 1 N–H and O–H groups in total. The van der Waals surface area contributed by atoms with Gasteiger partial charge in [-0.2, -0.15) is 0 Å². The number of aromatic amines is 1. The zero-order valence-corrected chi connectivity index (χ0v) is 22.0. The number of rotatable bonds is 3. The molecule has 1 saturated heterocycles. The van der Waals surface area contributed by atoms with Crippen LogP contribution in [0.5, 0.6) is 0 Å². The number of amides is 1. The first-order chi connectivity index (χ1) is 16.1. The number of nitrogens with one attached hydrogen (secondary N) is 1. The highest BCUT2D eigenvalue weighted by atomic mass is 16.6. The lowest BCUT2D eigenvalue weighted by Crippen LogP contribution is -2.36. The Labute approximate surface area is 204 Å². The molecule has 34 heavy (non-hydrogen) atoms. The predicted molar refractivity (Wildman–Crippen MR) is 140 cm³/mol. The van der Waals surface area contributed by atoms with E-state index in [1.54, 1.807) is 4.90 Å². The molecule has 0 bridgehead atoms. The zero-order chi connectivity index (χ0) is 25.0. The van der Waals surface area contributed by atoms with E-state index in [2.05, 4.69) is 67.1 Å². The van der Waals surface area contributed by atoms with Crippen molar-refractivity contribution in [1.29, 1.82) is 0 Å². The van der Waals surface area contributed by atoms with Gasteiger partial charge in [0.1, 0.15) is 11.4 Å². The van der Waals surface area contributed by atoms with Crippen molar-refractivity contribution in [2.75, 3.05) is 6.54 Å². The molecule has 1 aliphatic heterocycles. The number of ether oxygens (including phenoxy) is 1. The van der Waals surface area contributed by atoms with Crippen molar-refractivity contribution < 1.29 is 9.53 Å². The molecule has 182 valence electrons. The second-order valence-corrected chi connectivity index (χ2v) is 9.85. The Balaban J connectivity index is 0.00000158. The van der Waals surface area contributed by atoms with Gasteiger partial charge in [-0.3, -0.25) is 4.90 Å². The first-order valence-corrected chi connectivity index (χ1v) is 12.4. The molecule has 0 spiro atoms. The molecule has 1 amide bonds. The number of H-pyrrole nitrogens is 1. The predicted octanol–water partition coefficient (Wildman–Crippen LogP) is 7.77. The van der Waals surface area contributed by atoms with E-state index in [1.165, 1.54) is 27.8 Å². The van der Waals surface area contributed by atoms with Crippen LogP contribution in [0.4, 0.5) is 4.79 Å². The average Bonchev–Trinajstić information content (AvgIpc) is 3.46. The third-order valence-electron chi connectivity index (χ3n) is 6.13. The molecule has 4 rings (SSSR count). The zero-order valence-electron chi connectivity index (χ0n) is 22.0.